The Balaban J connectivity index is 1.26. The molecule has 5 rings (SSSR count). The minimum atomic E-state index is -0.693. The Kier molecular flexibility index (Phi) is 21.2. The molecule has 2 saturated heterocycles. The number of nitrogens with zero attached hydrogens (tertiary/aromatic N) is 13. The summed E-state index contributed by atoms with van der Waals surface area (Å²) < 4.78 is 19.8. The number of unbranched alkanes of at least 4 members (excludes halogenated alkanes) is 1. The van der Waals surface area contributed by atoms with E-state index in [1.807, 2.05) is 16.0 Å². The molecular formula is C43H73N17O6. The number of piperazine rings is 2. The van der Waals surface area contributed by atoms with Crippen LogP contribution in [0.15, 0.2) is 12.4 Å². The zero-order valence-corrected chi connectivity index (χ0v) is 39.3. The van der Waals surface area contributed by atoms with Crippen LogP contribution in [0.4, 0.5) is 17.8 Å². The Labute approximate surface area is 388 Å². The standard InChI is InChI=1S/C43H73N17O6/c1-6-21-64-23-25-66-26-24-65-22-12-47-41-48-42(57-17-13-55(14-18-57)39(62)37(10-8-9-11-44)59-28-36(52-53-59)34(46)30-61)50-43(49-41)58-19-15-56(16-20-58)40(63)38(32(5)7-2)60-29-35(51-54-60)33(45)27-31(3)4/h1,28-29,31-34,37-38,61H,7-27,30,44-46H2,2-5H3,(H,47,48,49,50)/t32-,33-,34-,37-,38-/m0/s1. The SMILES string of the molecule is C#CCOCCOCCOCCNc1nc(N2CCN(C(=O)[C@H]([C@@H](C)CC)n3cc([C@@H](N)CC(C)C)nn3)CC2)nc(N2CCN(C(=O)[C@H](CCCCN)n3cc([C@@H](N)CO)nn3)CC2)n1. The number of aliphatic hydroxyl groups is 1. The van der Waals surface area contributed by atoms with Crippen molar-refractivity contribution >= 4 is 29.7 Å². The first-order chi connectivity index (χ1) is 32.0. The van der Waals surface area contributed by atoms with Gasteiger partial charge in [0.05, 0.1) is 69.8 Å². The van der Waals surface area contributed by atoms with Gasteiger partial charge in [-0.05, 0) is 44.1 Å². The largest absolute Gasteiger partial charge is 0.394 e. The van der Waals surface area contributed by atoms with Crippen LogP contribution in [-0.2, 0) is 23.8 Å². The van der Waals surface area contributed by atoms with Gasteiger partial charge in [0.15, 0.2) is 0 Å². The maximum Gasteiger partial charge on any atom is 0.247 e. The van der Waals surface area contributed by atoms with E-state index in [1.165, 1.54) is 0 Å². The monoisotopic (exact) mass is 924 g/mol. The van der Waals surface area contributed by atoms with E-state index in [0.29, 0.717) is 140 Å². The smallest absolute Gasteiger partial charge is 0.247 e. The van der Waals surface area contributed by atoms with Gasteiger partial charge in [-0.2, -0.15) is 15.0 Å². The molecule has 23 nitrogen and oxygen atoms in total. The molecule has 0 aromatic carbocycles. The van der Waals surface area contributed by atoms with Gasteiger partial charge in [-0.1, -0.05) is 50.5 Å². The lowest BCUT2D eigenvalue weighted by molar-refractivity contribution is -0.137. The highest BCUT2D eigenvalue weighted by atomic mass is 16.5. The number of terminal acetylenes is 1. The Morgan fingerprint density at radius 3 is 1.92 bits per heavy atom. The predicted octanol–water partition coefficient (Wildman–Crippen LogP) is 0.142. The van der Waals surface area contributed by atoms with Gasteiger partial charge in [-0.25, -0.2) is 9.36 Å². The number of carbonyl (C=O) groups is 2. The first-order valence-electron chi connectivity index (χ1n) is 23.4. The number of carbonyl (C=O) groups excluding carboxylic acids is 2. The Hall–Kier alpha value is -5.09. The maximum atomic E-state index is 14.2. The molecule has 0 spiro atoms. The van der Waals surface area contributed by atoms with Crippen LogP contribution in [0.25, 0.3) is 0 Å². The summed E-state index contributed by atoms with van der Waals surface area (Å²) in [6, 6.07) is -2.05. The van der Waals surface area contributed by atoms with Crippen LogP contribution in [-0.4, -0.2) is 183 Å². The highest BCUT2D eigenvalue weighted by molar-refractivity contribution is 5.81. The lowest BCUT2D eigenvalue weighted by Crippen LogP contribution is -2.52. The second kappa shape index (κ2) is 26.9. The molecule has 8 N–H and O–H groups in total. The van der Waals surface area contributed by atoms with Crippen molar-refractivity contribution in [3.63, 3.8) is 0 Å². The summed E-state index contributed by atoms with van der Waals surface area (Å²) in [6.45, 7) is 15.1. The van der Waals surface area contributed by atoms with Crippen LogP contribution in [0.1, 0.15) is 95.4 Å². The fourth-order valence-electron chi connectivity index (χ4n) is 7.80. The molecule has 5 atom stereocenters. The van der Waals surface area contributed by atoms with E-state index in [-0.39, 0.29) is 37.0 Å². The normalized spacial score (nSPS) is 16.8. The molecule has 3 aromatic rings. The first-order valence-corrected chi connectivity index (χ1v) is 23.4. The number of nitrogens with one attached hydrogen (secondary N) is 1. The number of aliphatic hydroxyl groups excluding tert-OH is 1. The molecule has 0 unspecified atom stereocenters. The Morgan fingerprint density at radius 1 is 0.788 bits per heavy atom. The molecule has 0 saturated carbocycles. The third-order valence-corrected chi connectivity index (χ3v) is 11.8. The minimum absolute atomic E-state index is 0.00812. The van der Waals surface area contributed by atoms with Gasteiger partial charge in [0.2, 0.25) is 29.7 Å². The maximum absolute atomic E-state index is 14.2. The molecule has 0 radical (unpaired) electrons. The second-order valence-corrected chi connectivity index (χ2v) is 17.2. The van der Waals surface area contributed by atoms with Gasteiger partial charge < -0.3 is 61.4 Å². The third kappa shape index (κ3) is 15.0. The second-order valence-electron chi connectivity index (χ2n) is 17.2. The number of amides is 2. The zero-order valence-electron chi connectivity index (χ0n) is 39.3. The van der Waals surface area contributed by atoms with E-state index in [4.69, 9.17) is 52.8 Å². The van der Waals surface area contributed by atoms with Crippen LogP contribution in [0.5, 0.6) is 0 Å². The van der Waals surface area contributed by atoms with E-state index in [0.717, 1.165) is 25.7 Å². The number of anilines is 3. The molecule has 0 bridgehead atoms. The molecule has 2 aliphatic heterocycles. The highest BCUT2D eigenvalue weighted by Gasteiger charge is 2.35. The number of rotatable bonds is 28. The van der Waals surface area contributed by atoms with Crippen molar-refractivity contribution in [1.82, 2.24) is 54.7 Å². The molecule has 5 heterocycles. The lowest BCUT2D eigenvalue weighted by atomic mass is 9.97. The van der Waals surface area contributed by atoms with Crippen molar-refractivity contribution in [3.8, 4) is 12.3 Å². The molecule has 366 valence electrons. The molecule has 2 aliphatic rings. The predicted molar refractivity (Wildman–Crippen MR) is 248 cm³/mol. The summed E-state index contributed by atoms with van der Waals surface area (Å²) >= 11 is 0. The van der Waals surface area contributed by atoms with Crippen molar-refractivity contribution in [2.24, 2.45) is 29.0 Å². The van der Waals surface area contributed by atoms with Crippen LogP contribution < -0.4 is 32.3 Å². The fraction of sp³-hybridized carbons (Fsp3) is 0.744. The summed E-state index contributed by atoms with van der Waals surface area (Å²) in [4.78, 5) is 50.8. The van der Waals surface area contributed by atoms with Crippen molar-refractivity contribution < 1.29 is 28.9 Å². The number of aromatic nitrogens is 9. The zero-order chi connectivity index (χ0) is 47.4. The van der Waals surface area contributed by atoms with E-state index >= 15 is 0 Å². The average molecular weight is 924 g/mol. The van der Waals surface area contributed by atoms with E-state index in [1.54, 1.807) is 15.6 Å². The minimum Gasteiger partial charge on any atom is -0.394 e. The number of hydrogen-bond donors (Lipinski definition) is 5. The summed E-state index contributed by atoms with van der Waals surface area (Å²) in [5.41, 5.74) is 19.3. The van der Waals surface area contributed by atoms with E-state index in [9.17, 15) is 14.7 Å². The van der Waals surface area contributed by atoms with Crippen LogP contribution in [0.2, 0.25) is 0 Å². The van der Waals surface area contributed by atoms with Gasteiger partial charge in [0.1, 0.15) is 24.4 Å². The number of hydrogen-bond acceptors (Lipinski definition) is 19. The highest BCUT2D eigenvalue weighted by Crippen LogP contribution is 2.27. The van der Waals surface area contributed by atoms with Crippen molar-refractivity contribution in [1.29, 1.82) is 0 Å². The molecule has 3 aromatic heterocycles. The van der Waals surface area contributed by atoms with Gasteiger partial charge in [0.25, 0.3) is 0 Å². The molecular weight excluding hydrogens is 851 g/mol. The fourth-order valence-corrected chi connectivity index (χ4v) is 7.80. The third-order valence-electron chi connectivity index (χ3n) is 11.8. The van der Waals surface area contributed by atoms with Crippen molar-refractivity contribution in [3.05, 3.63) is 23.8 Å². The summed E-state index contributed by atoms with van der Waals surface area (Å²) in [7, 11) is 0. The van der Waals surface area contributed by atoms with Crippen molar-refractivity contribution in [2.45, 2.75) is 84.0 Å². The Bertz CT molecular complexity index is 1940. The average Bonchev–Trinajstić information content (AvgIpc) is 4.03. The van der Waals surface area contributed by atoms with Gasteiger partial charge >= 0.3 is 0 Å². The quantitative estimate of drug-likeness (QED) is 0.0478. The number of nitrogens with two attached hydrogens (primary N) is 3. The molecule has 2 amide bonds. The topological polar surface area (TPSA) is 285 Å². The van der Waals surface area contributed by atoms with Gasteiger partial charge in [-0.15, -0.1) is 16.6 Å². The van der Waals surface area contributed by atoms with Gasteiger partial charge in [-0.3, -0.25) is 9.59 Å². The van der Waals surface area contributed by atoms with Crippen LogP contribution in [0.3, 0.4) is 0 Å². The molecule has 0 aliphatic carbocycles. The van der Waals surface area contributed by atoms with Crippen LogP contribution in [0, 0.1) is 24.2 Å². The molecule has 23 heteroatoms. The molecule has 2 fully saturated rings. The van der Waals surface area contributed by atoms with Crippen LogP contribution >= 0.6 is 0 Å². The first kappa shape index (κ1) is 51.9. The number of ether oxygens (including phenoxy) is 3. The molecule has 66 heavy (non-hydrogen) atoms. The van der Waals surface area contributed by atoms with E-state index < -0.39 is 18.1 Å². The summed E-state index contributed by atoms with van der Waals surface area (Å²) in [5, 5.41) is 30.0. The van der Waals surface area contributed by atoms with Crippen molar-refractivity contribution in [2.75, 3.05) is 127 Å². The van der Waals surface area contributed by atoms with E-state index in [2.05, 4.69) is 69.4 Å². The van der Waals surface area contributed by atoms with Gasteiger partial charge in [0, 0.05) is 58.9 Å². The Morgan fingerprint density at radius 2 is 1.35 bits per heavy atom. The summed E-state index contributed by atoms with van der Waals surface area (Å²) in [5.74, 6) is 4.10. The lowest BCUT2D eigenvalue weighted by Gasteiger charge is -2.38. The summed E-state index contributed by atoms with van der Waals surface area (Å²) in [6.07, 6.45) is 12.3.